The zero-order valence-corrected chi connectivity index (χ0v) is 58.5. The summed E-state index contributed by atoms with van der Waals surface area (Å²) in [6, 6.07) is 17.3. The number of benzene rings is 2. The third kappa shape index (κ3) is 33.6. The molecule has 0 bridgehead atoms. The number of hydrogen-bond donors (Lipinski definition) is 1. The Bertz CT molecular complexity index is 2540. The third-order valence-corrected chi connectivity index (χ3v) is 19.0. The molecule has 3 aliphatic rings. The van der Waals surface area contributed by atoms with Crippen molar-refractivity contribution < 1.29 is 76.5 Å². The molecule has 2 saturated carbocycles. The first kappa shape index (κ1) is 79.5. The van der Waals surface area contributed by atoms with Crippen LogP contribution in [0.25, 0.3) is 0 Å². The van der Waals surface area contributed by atoms with Gasteiger partial charge in [0.05, 0.1) is 84.6 Å². The van der Waals surface area contributed by atoms with Gasteiger partial charge in [0, 0.05) is 12.2 Å². The molecule has 16 heteroatoms. The Morgan fingerprint density at radius 3 is 1.16 bits per heavy atom. The van der Waals surface area contributed by atoms with Gasteiger partial charge in [0.1, 0.15) is 22.7 Å². The molecule has 0 heterocycles. The van der Waals surface area contributed by atoms with Gasteiger partial charge in [-0.25, -0.2) is 4.79 Å². The lowest BCUT2D eigenvalue weighted by molar-refractivity contribution is -0.154. The first-order valence-corrected chi connectivity index (χ1v) is 37.1. The lowest BCUT2D eigenvalue weighted by atomic mass is 9.74. The molecule has 0 aliphatic heterocycles. The van der Waals surface area contributed by atoms with Gasteiger partial charge in [-0.2, -0.15) is 0 Å². The third-order valence-electron chi connectivity index (χ3n) is 19.0. The fourth-order valence-electron chi connectivity index (χ4n) is 13.2. The van der Waals surface area contributed by atoms with Crippen LogP contribution in [0.2, 0.25) is 0 Å². The Balaban J connectivity index is 0.857. The summed E-state index contributed by atoms with van der Waals surface area (Å²) in [7, 11) is 0. The van der Waals surface area contributed by atoms with Crippen molar-refractivity contribution in [1.29, 1.82) is 0 Å². The van der Waals surface area contributed by atoms with Crippen molar-refractivity contribution in [1.82, 2.24) is 0 Å². The Morgan fingerprint density at radius 2 is 0.789 bits per heavy atom. The number of aliphatic carboxylic acids is 1. The average molecular weight is 1330 g/mol. The van der Waals surface area contributed by atoms with Crippen molar-refractivity contribution in [3.8, 4) is 11.5 Å². The molecule has 2 fully saturated rings. The van der Waals surface area contributed by atoms with Crippen LogP contribution in [0.1, 0.15) is 281 Å². The van der Waals surface area contributed by atoms with Gasteiger partial charge in [0.2, 0.25) is 0 Å². The number of unbranched alkanes of at least 4 members (excludes halogenated alkanes) is 15. The van der Waals surface area contributed by atoms with Gasteiger partial charge in [-0.05, 0) is 239 Å². The van der Waals surface area contributed by atoms with Crippen molar-refractivity contribution >= 4 is 35.8 Å². The Morgan fingerprint density at radius 1 is 0.442 bits per heavy atom. The molecule has 5 rings (SSSR count). The quantitative estimate of drug-likeness (QED) is 0.0283. The lowest BCUT2D eigenvalue weighted by Crippen LogP contribution is -2.43. The number of ether oxygens (including phenoxy) is 9. The van der Waals surface area contributed by atoms with E-state index in [1.807, 2.05) is 0 Å². The highest BCUT2D eigenvalue weighted by Crippen LogP contribution is 2.41. The number of hydrogen-bond acceptors (Lipinski definition) is 15. The van der Waals surface area contributed by atoms with E-state index in [-0.39, 0.29) is 45.5 Å². The van der Waals surface area contributed by atoms with E-state index in [1.165, 1.54) is 88.2 Å². The van der Waals surface area contributed by atoms with E-state index in [0.29, 0.717) is 108 Å². The van der Waals surface area contributed by atoms with Crippen molar-refractivity contribution in [3.05, 3.63) is 95.8 Å². The highest BCUT2D eigenvalue weighted by Gasteiger charge is 2.46. The summed E-state index contributed by atoms with van der Waals surface area (Å²) in [5, 5.41) is 10.8. The molecule has 1 N–H and O–H groups in total. The second kappa shape index (κ2) is 48.5. The summed E-state index contributed by atoms with van der Waals surface area (Å²) < 4.78 is 51.1. The van der Waals surface area contributed by atoms with Crippen LogP contribution in [0.15, 0.2) is 84.7 Å². The molecule has 0 saturated heterocycles. The van der Waals surface area contributed by atoms with Gasteiger partial charge in [0.15, 0.2) is 0 Å². The van der Waals surface area contributed by atoms with Gasteiger partial charge in [0.25, 0.3) is 0 Å². The van der Waals surface area contributed by atoms with Gasteiger partial charge in [-0.15, -0.1) is 0 Å². The first-order chi connectivity index (χ1) is 46.3. The smallest absolute Gasteiger partial charge is 0.333 e. The molecular formula is C79H120O16. The average Bonchev–Trinajstić information content (AvgIpc) is 0.789. The maximum atomic E-state index is 13.2. The van der Waals surface area contributed by atoms with E-state index in [1.54, 1.807) is 25.2 Å². The topological polar surface area (TPSA) is 206 Å². The molecule has 16 nitrogen and oxygen atoms in total. The van der Waals surface area contributed by atoms with Gasteiger partial charge in [-0.3, -0.25) is 24.0 Å². The molecule has 2 unspecified atom stereocenters. The van der Waals surface area contributed by atoms with E-state index < -0.39 is 47.3 Å². The number of carboxylic acids is 1. The van der Waals surface area contributed by atoms with E-state index in [0.717, 1.165) is 113 Å². The first-order valence-electron chi connectivity index (χ1n) is 37.1. The van der Waals surface area contributed by atoms with E-state index in [4.69, 9.17) is 42.6 Å². The van der Waals surface area contributed by atoms with Crippen LogP contribution < -0.4 is 9.47 Å². The minimum atomic E-state index is -1.36. The van der Waals surface area contributed by atoms with Crippen LogP contribution in [0.3, 0.4) is 0 Å². The zero-order valence-electron chi connectivity index (χ0n) is 58.5. The molecule has 3 aliphatic carbocycles. The fourth-order valence-corrected chi connectivity index (χ4v) is 13.2. The normalized spacial score (nSPS) is 19.2. The minimum absolute atomic E-state index is 0.0141. The van der Waals surface area contributed by atoms with Crippen molar-refractivity contribution in [3.63, 3.8) is 0 Å². The van der Waals surface area contributed by atoms with Crippen molar-refractivity contribution in [2.75, 3.05) is 59.5 Å². The van der Waals surface area contributed by atoms with Crippen LogP contribution in [0, 0.1) is 17.3 Å². The monoisotopic (exact) mass is 1320 g/mol. The molecule has 2 aromatic rings. The Hall–Kier alpha value is -6.16. The molecule has 0 amide bonds. The SMILES string of the molecule is C=C(C)C(=O)OCCCCCCC1(C(=O)O)C=C(OCCCCCCOC(=O)CCC(=O)OCCCCCCOc2ccc([C@H]3CC[C@H](CCC)CC3)cc2)C=CC1OCCCCCCOC(=O)CCC(=O)OCCCCCCOc1ccc([C@H]2CC[C@H](CCC)CC2)cc1. The second-order valence-electron chi connectivity index (χ2n) is 26.9. The molecule has 0 radical (unpaired) electrons. The van der Waals surface area contributed by atoms with Crippen LogP contribution in [-0.4, -0.2) is 106 Å². The number of allylic oxidation sites excluding steroid dienone is 1. The fraction of sp³-hybridized carbons (Fsp3) is 0.696. The summed E-state index contributed by atoms with van der Waals surface area (Å²) in [4.78, 5) is 74.3. The standard InChI is InChI=1S/C79H120O16/c1-5-27-63-29-33-65(34-30-63)67-37-41-69(42-38-67)87-52-18-9-13-22-56-91-73(80)47-48-75(82)93-58-24-15-11-20-54-89-71-45-46-72(79(61-71,78(85)86)51-17-7-8-26-60-95-77(84)62(3)4)90-55-21-12-16-25-59-94-76(83)50-49-74(81)92-57-23-14-10-19-53-88-70-43-39-68(40-44-70)66-35-31-64(28-6-2)32-36-66/h37-46,61,63-66,72H,3,5-36,47-60H2,1-2,4H3,(H,85,86)/t63-,64-,65-,66-,72?,79?. The van der Waals surface area contributed by atoms with E-state index in [9.17, 15) is 33.9 Å². The predicted molar refractivity (Wildman–Crippen MR) is 371 cm³/mol. The Labute approximate surface area is 570 Å². The largest absolute Gasteiger partial charge is 0.494 e. The summed E-state index contributed by atoms with van der Waals surface area (Å²) in [5.74, 6) is 2.37. The second-order valence-corrected chi connectivity index (χ2v) is 26.9. The van der Waals surface area contributed by atoms with E-state index in [2.05, 4.69) is 69.0 Å². The summed E-state index contributed by atoms with van der Waals surface area (Å²) >= 11 is 0. The zero-order chi connectivity index (χ0) is 68.0. The molecule has 95 heavy (non-hydrogen) atoms. The van der Waals surface area contributed by atoms with Crippen molar-refractivity contribution in [2.45, 2.75) is 276 Å². The van der Waals surface area contributed by atoms with E-state index >= 15 is 0 Å². The number of esters is 5. The highest BCUT2D eigenvalue weighted by molar-refractivity contribution is 5.87. The lowest BCUT2D eigenvalue weighted by Gasteiger charge is -2.36. The summed E-state index contributed by atoms with van der Waals surface area (Å²) in [5.41, 5.74) is 1.85. The number of carboxylic acid groups (broad SMARTS) is 1. The van der Waals surface area contributed by atoms with Crippen LogP contribution in [0.5, 0.6) is 11.5 Å². The number of carbonyl (C=O) groups excluding carboxylic acids is 5. The minimum Gasteiger partial charge on any atom is -0.494 e. The predicted octanol–water partition coefficient (Wildman–Crippen LogP) is 18.3. The summed E-state index contributed by atoms with van der Waals surface area (Å²) in [6.07, 6.45) is 36.4. The van der Waals surface area contributed by atoms with Crippen LogP contribution in [-0.2, 0) is 61.9 Å². The van der Waals surface area contributed by atoms with Gasteiger partial charge < -0.3 is 47.7 Å². The van der Waals surface area contributed by atoms with Crippen molar-refractivity contribution in [2.24, 2.45) is 17.3 Å². The Kier molecular flexibility index (Phi) is 40.6. The van der Waals surface area contributed by atoms with Gasteiger partial charge >= 0.3 is 35.8 Å². The number of carbonyl (C=O) groups is 6. The molecule has 0 spiro atoms. The maximum Gasteiger partial charge on any atom is 0.333 e. The molecule has 0 aromatic heterocycles. The molecule has 532 valence electrons. The molecule has 2 atom stereocenters. The summed E-state index contributed by atoms with van der Waals surface area (Å²) in [6.45, 7) is 13.2. The maximum absolute atomic E-state index is 13.2. The molecule has 2 aromatic carbocycles. The highest BCUT2D eigenvalue weighted by atomic mass is 16.6. The van der Waals surface area contributed by atoms with Crippen LogP contribution >= 0.6 is 0 Å². The van der Waals surface area contributed by atoms with Crippen LogP contribution in [0.4, 0.5) is 0 Å². The van der Waals surface area contributed by atoms with Gasteiger partial charge in [-0.1, -0.05) is 102 Å². The molecular weight excluding hydrogens is 1200 g/mol. The number of rotatable bonds is 53.